The minimum absolute atomic E-state index is 0.00462. The molecule has 0 aliphatic heterocycles. The van der Waals surface area contributed by atoms with Gasteiger partial charge in [-0.25, -0.2) is 9.97 Å². The molecular formula is C22H33N5O. The number of anilines is 3. The van der Waals surface area contributed by atoms with Crippen LogP contribution in [0, 0.1) is 6.92 Å². The van der Waals surface area contributed by atoms with E-state index in [1.165, 1.54) is 5.69 Å². The molecule has 1 aromatic heterocycles. The van der Waals surface area contributed by atoms with Gasteiger partial charge in [-0.15, -0.1) is 0 Å². The van der Waals surface area contributed by atoms with Crippen LogP contribution in [0.15, 0.2) is 30.6 Å². The standard InChI is InChI=1S/C22H33N5O/c1-6-12-27(13-7-2)21(28)18-15-23-22(24-16-18)25-20-11-10-19(14-17(20)5)26(8-3)9-4/h10-11,14-16H,6-9,12-13H2,1-5H3,(H,23,24,25). The first kappa shape index (κ1) is 21.7. The molecule has 6 nitrogen and oxygen atoms in total. The lowest BCUT2D eigenvalue weighted by Gasteiger charge is -2.22. The van der Waals surface area contributed by atoms with Gasteiger partial charge in [-0.1, -0.05) is 13.8 Å². The summed E-state index contributed by atoms with van der Waals surface area (Å²) in [5.74, 6) is 0.489. The fourth-order valence-electron chi connectivity index (χ4n) is 3.23. The van der Waals surface area contributed by atoms with Crippen molar-refractivity contribution in [3.05, 3.63) is 41.7 Å². The van der Waals surface area contributed by atoms with Crippen LogP contribution in [-0.4, -0.2) is 47.0 Å². The normalized spacial score (nSPS) is 10.6. The number of aryl methyl sites for hydroxylation is 1. The van der Waals surface area contributed by atoms with Gasteiger partial charge in [0.05, 0.1) is 5.56 Å². The summed E-state index contributed by atoms with van der Waals surface area (Å²) in [6.07, 6.45) is 5.09. The second kappa shape index (κ2) is 10.6. The molecule has 152 valence electrons. The van der Waals surface area contributed by atoms with Gasteiger partial charge in [-0.2, -0.15) is 0 Å². The Morgan fingerprint density at radius 2 is 1.61 bits per heavy atom. The summed E-state index contributed by atoms with van der Waals surface area (Å²) in [4.78, 5) is 25.5. The minimum Gasteiger partial charge on any atom is -0.372 e. The molecule has 1 amide bonds. The van der Waals surface area contributed by atoms with E-state index in [0.717, 1.165) is 50.3 Å². The van der Waals surface area contributed by atoms with Crippen LogP contribution in [0.3, 0.4) is 0 Å². The number of nitrogens with one attached hydrogen (secondary N) is 1. The van der Waals surface area contributed by atoms with Crippen LogP contribution in [0.4, 0.5) is 17.3 Å². The first-order valence-electron chi connectivity index (χ1n) is 10.3. The molecule has 0 saturated heterocycles. The summed E-state index contributed by atoms with van der Waals surface area (Å²) in [6, 6.07) is 6.32. The van der Waals surface area contributed by atoms with Crippen LogP contribution in [0.2, 0.25) is 0 Å². The quantitative estimate of drug-likeness (QED) is 0.648. The van der Waals surface area contributed by atoms with E-state index in [1.807, 2.05) is 4.90 Å². The first-order valence-corrected chi connectivity index (χ1v) is 10.3. The van der Waals surface area contributed by atoms with Crippen molar-refractivity contribution in [1.29, 1.82) is 0 Å². The molecule has 2 rings (SSSR count). The van der Waals surface area contributed by atoms with E-state index in [1.54, 1.807) is 12.4 Å². The highest BCUT2D eigenvalue weighted by atomic mass is 16.2. The lowest BCUT2D eigenvalue weighted by atomic mass is 10.1. The van der Waals surface area contributed by atoms with Gasteiger partial charge in [-0.05, 0) is 57.4 Å². The van der Waals surface area contributed by atoms with E-state index in [0.29, 0.717) is 11.5 Å². The third-order valence-corrected chi connectivity index (χ3v) is 4.76. The first-order chi connectivity index (χ1) is 13.5. The Morgan fingerprint density at radius 1 is 1.00 bits per heavy atom. The van der Waals surface area contributed by atoms with Gasteiger partial charge in [0, 0.05) is 49.9 Å². The molecule has 1 N–H and O–H groups in total. The molecule has 1 heterocycles. The largest absolute Gasteiger partial charge is 0.372 e. The van der Waals surface area contributed by atoms with Gasteiger partial charge in [0.25, 0.3) is 5.91 Å². The van der Waals surface area contributed by atoms with Gasteiger partial charge >= 0.3 is 0 Å². The molecule has 6 heteroatoms. The second-order valence-electron chi connectivity index (χ2n) is 6.88. The van der Waals surface area contributed by atoms with Crippen LogP contribution < -0.4 is 10.2 Å². The number of nitrogens with zero attached hydrogens (tertiary/aromatic N) is 4. The van der Waals surface area contributed by atoms with Gasteiger partial charge in [0.1, 0.15) is 0 Å². The van der Waals surface area contributed by atoms with E-state index < -0.39 is 0 Å². The maximum atomic E-state index is 12.6. The van der Waals surface area contributed by atoms with Crippen LogP contribution >= 0.6 is 0 Å². The van der Waals surface area contributed by atoms with Crippen molar-refractivity contribution in [2.45, 2.75) is 47.5 Å². The van der Waals surface area contributed by atoms with E-state index in [9.17, 15) is 4.79 Å². The molecule has 0 aliphatic rings. The highest BCUT2D eigenvalue weighted by molar-refractivity contribution is 5.93. The predicted octanol–water partition coefficient (Wildman–Crippen LogP) is 4.64. The Bertz CT molecular complexity index is 750. The highest BCUT2D eigenvalue weighted by Crippen LogP contribution is 2.24. The van der Waals surface area contributed by atoms with Crippen LogP contribution in [0.5, 0.6) is 0 Å². The molecule has 0 bridgehead atoms. The molecule has 2 aromatic rings. The molecule has 0 saturated carbocycles. The SMILES string of the molecule is CCCN(CCC)C(=O)c1cnc(Nc2ccc(N(CC)CC)cc2C)nc1. The van der Waals surface area contributed by atoms with Gasteiger partial charge in [0.2, 0.25) is 5.95 Å². The predicted molar refractivity (Wildman–Crippen MR) is 117 cm³/mol. The van der Waals surface area contributed by atoms with Crippen molar-refractivity contribution in [1.82, 2.24) is 14.9 Å². The van der Waals surface area contributed by atoms with Crippen molar-refractivity contribution in [2.24, 2.45) is 0 Å². The number of aromatic nitrogens is 2. The Morgan fingerprint density at radius 3 is 2.11 bits per heavy atom. The number of rotatable bonds is 10. The van der Waals surface area contributed by atoms with E-state index in [-0.39, 0.29) is 5.91 Å². The lowest BCUT2D eigenvalue weighted by Crippen LogP contribution is -2.32. The summed E-state index contributed by atoms with van der Waals surface area (Å²) < 4.78 is 0. The summed E-state index contributed by atoms with van der Waals surface area (Å²) >= 11 is 0. The Hall–Kier alpha value is -2.63. The molecule has 0 atom stereocenters. The third-order valence-electron chi connectivity index (χ3n) is 4.76. The maximum absolute atomic E-state index is 12.6. The Labute approximate surface area is 169 Å². The summed E-state index contributed by atoms with van der Waals surface area (Å²) in [7, 11) is 0. The molecule has 0 unspecified atom stereocenters. The number of carbonyl (C=O) groups excluding carboxylic acids is 1. The average molecular weight is 384 g/mol. The number of carbonyl (C=O) groups is 1. The zero-order valence-corrected chi connectivity index (χ0v) is 17.8. The zero-order valence-electron chi connectivity index (χ0n) is 17.8. The Balaban J connectivity index is 2.11. The van der Waals surface area contributed by atoms with Crippen molar-refractivity contribution in [3.63, 3.8) is 0 Å². The number of hydrogen-bond donors (Lipinski definition) is 1. The van der Waals surface area contributed by atoms with Crippen molar-refractivity contribution < 1.29 is 4.79 Å². The van der Waals surface area contributed by atoms with E-state index in [2.05, 4.69) is 73.0 Å². The molecule has 1 aromatic carbocycles. The van der Waals surface area contributed by atoms with Crippen LogP contribution in [0.25, 0.3) is 0 Å². The number of hydrogen-bond acceptors (Lipinski definition) is 5. The van der Waals surface area contributed by atoms with Gasteiger partial charge in [-0.3, -0.25) is 4.79 Å². The summed E-state index contributed by atoms with van der Waals surface area (Å²) in [5, 5.41) is 3.25. The summed E-state index contributed by atoms with van der Waals surface area (Å²) in [5.41, 5.74) is 3.83. The smallest absolute Gasteiger partial charge is 0.256 e. The van der Waals surface area contributed by atoms with Gasteiger partial charge < -0.3 is 15.1 Å². The third kappa shape index (κ3) is 5.44. The number of amides is 1. The molecular weight excluding hydrogens is 350 g/mol. The topological polar surface area (TPSA) is 61.4 Å². The molecule has 0 fully saturated rings. The minimum atomic E-state index is -0.00462. The van der Waals surface area contributed by atoms with E-state index in [4.69, 9.17) is 0 Å². The number of benzene rings is 1. The van der Waals surface area contributed by atoms with Crippen molar-refractivity contribution in [3.8, 4) is 0 Å². The fraction of sp³-hybridized carbons (Fsp3) is 0.500. The van der Waals surface area contributed by atoms with Crippen LogP contribution in [-0.2, 0) is 0 Å². The maximum Gasteiger partial charge on any atom is 0.256 e. The summed E-state index contributed by atoms with van der Waals surface area (Å²) in [6.45, 7) is 14.0. The fourth-order valence-corrected chi connectivity index (χ4v) is 3.23. The van der Waals surface area contributed by atoms with Gasteiger partial charge in [0.15, 0.2) is 0 Å². The zero-order chi connectivity index (χ0) is 20.5. The van der Waals surface area contributed by atoms with E-state index >= 15 is 0 Å². The average Bonchev–Trinajstić information content (AvgIpc) is 2.71. The lowest BCUT2D eigenvalue weighted by molar-refractivity contribution is 0.0754. The molecule has 0 spiro atoms. The monoisotopic (exact) mass is 383 g/mol. The molecule has 0 radical (unpaired) electrons. The highest BCUT2D eigenvalue weighted by Gasteiger charge is 2.15. The Kier molecular flexibility index (Phi) is 8.23. The molecule has 28 heavy (non-hydrogen) atoms. The second-order valence-corrected chi connectivity index (χ2v) is 6.88. The van der Waals surface area contributed by atoms with Crippen molar-refractivity contribution >= 4 is 23.2 Å². The van der Waals surface area contributed by atoms with Crippen molar-refractivity contribution in [2.75, 3.05) is 36.4 Å². The van der Waals surface area contributed by atoms with Crippen LogP contribution in [0.1, 0.15) is 56.5 Å². The molecule has 0 aliphatic carbocycles.